The summed E-state index contributed by atoms with van der Waals surface area (Å²) in [5.74, 6) is 0.937. The lowest BCUT2D eigenvalue weighted by atomic mass is 10.0. The fraction of sp³-hybridized carbons (Fsp3) is 0.571. The van der Waals surface area contributed by atoms with Crippen LogP contribution in [0, 0.1) is 5.41 Å². The summed E-state index contributed by atoms with van der Waals surface area (Å²) in [5.41, 5.74) is 0.623. The molecule has 0 spiro atoms. The summed E-state index contributed by atoms with van der Waals surface area (Å²) in [5, 5.41) is 3.49. The minimum Gasteiger partial charge on any atom is -0.492 e. The van der Waals surface area contributed by atoms with E-state index < -0.39 is 0 Å². The van der Waals surface area contributed by atoms with Gasteiger partial charge in [-0.2, -0.15) is 0 Å². The van der Waals surface area contributed by atoms with E-state index in [2.05, 4.69) is 28.2 Å². The molecule has 1 saturated carbocycles. The molecule has 1 aliphatic rings. The Morgan fingerprint density at radius 1 is 1.29 bits per heavy atom. The molecule has 0 bridgehead atoms. The molecule has 0 saturated heterocycles. The van der Waals surface area contributed by atoms with Crippen LogP contribution in [-0.2, 0) is 0 Å². The topological polar surface area (TPSA) is 21.3 Å². The van der Waals surface area contributed by atoms with Crippen molar-refractivity contribution in [3.63, 3.8) is 0 Å². The van der Waals surface area contributed by atoms with Gasteiger partial charge in [0.25, 0.3) is 0 Å². The summed E-state index contributed by atoms with van der Waals surface area (Å²) >= 11 is 3.41. The molecule has 1 aromatic rings. The van der Waals surface area contributed by atoms with Crippen molar-refractivity contribution in [3.8, 4) is 5.75 Å². The molecule has 0 amide bonds. The standard InChI is InChI=1S/C14H20BrNO/c1-2-14(7-8-14)11-16-9-10-17-13-5-3-12(15)4-6-13/h3-6,16H,2,7-11H2,1H3. The van der Waals surface area contributed by atoms with Crippen molar-refractivity contribution in [2.75, 3.05) is 19.7 Å². The lowest BCUT2D eigenvalue weighted by Gasteiger charge is -2.13. The molecule has 0 radical (unpaired) electrons. The van der Waals surface area contributed by atoms with Crippen LogP contribution in [-0.4, -0.2) is 19.7 Å². The molecular formula is C14H20BrNO. The van der Waals surface area contributed by atoms with Gasteiger partial charge < -0.3 is 10.1 Å². The summed E-state index contributed by atoms with van der Waals surface area (Å²) in [6.07, 6.45) is 4.09. The maximum Gasteiger partial charge on any atom is 0.119 e. The summed E-state index contributed by atoms with van der Waals surface area (Å²) in [4.78, 5) is 0. The summed E-state index contributed by atoms with van der Waals surface area (Å²) in [7, 11) is 0. The van der Waals surface area contributed by atoms with Gasteiger partial charge in [-0.1, -0.05) is 22.9 Å². The van der Waals surface area contributed by atoms with Crippen molar-refractivity contribution >= 4 is 15.9 Å². The zero-order valence-corrected chi connectivity index (χ0v) is 11.9. The molecule has 1 N–H and O–H groups in total. The fourth-order valence-electron chi connectivity index (χ4n) is 1.96. The van der Waals surface area contributed by atoms with Crippen LogP contribution < -0.4 is 10.1 Å². The van der Waals surface area contributed by atoms with Gasteiger partial charge in [0.2, 0.25) is 0 Å². The second kappa shape index (κ2) is 5.87. The van der Waals surface area contributed by atoms with Gasteiger partial charge in [-0.3, -0.25) is 0 Å². The van der Waals surface area contributed by atoms with Crippen LogP contribution >= 0.6 is 15.9 Å². The maximum absolute atomic E-state index is 5.65. The second-order valence-corrected chi connectivity index (χ2v) is 5.75. The van der Waals surface area contributed by atoms with Crippen molar-refractivity contribution in [1.29, 1.82) is 0 Å². The summed E-state index contributed by atoms with van der Waals surface area (Å²) < 4.78 is 6.73. The van der Waals surface area contributed by atoms with E-state index in [1.807, 2.05) is 24.3 Å². The van der Waals surface area contributed by atoms with Gasteiger partial charge in [0.05, 0.1) is 0 Å². The Hall–Kier alpha value is -0.540. The molecule has 2 nitrogen and oxygen atoms in total. The predicted molar refractivity (Wildman–Crippen MR) is 74.5 cm³/mol. The number of ether oxygens (including phenoxy) is 1. The van der Waals surface area contributed by atoms with E-state index in [4.69, 9.17) is 4.74 Å². The number of hydrogen-bond donors (Lipinski definition) is 1. The Kier molecular flexibility index (Phi) is 4.46. The molecule has 2 rings (SSSR count). The molecule has 1 aliphatic carbocycles. The Labute approximate surface area is 112 Å². The van der Waals surface area contributed by atoms with Crippen LogP contribution in [0.3, 0.4) is 0 Å². The van der Waals surface area contributed by atoms with Crippen LogP contribution in [0.25, 0.3) is 0 Å². The normalized spacial score (nSPS) is 16.8. The highest BCUT2D eigenvalue weighted by Crippen LogP contribution is 2.47. The first kappa shape index (κ1) is 12.9. The Morgan fingerprint density at radius 2 is 2.00 bits per heavy atom. The summed E-state index contributed by atoms with van der Waals surface area (Å²) in [6, 6.07) is 7.97. The first-order valence-corrected chi connectivity index (χ1v) is 7.12. The molecule has 1 fully saturated rings. The highest BCUT2D eigenvalue weighted by atomic mass is 79.9. The first-order chi connectivity index (χ1) is 8.24. The quantitative estimate of drug-likeness (QED) is 0.777. The molecular weight excluding hydrogens is 278 g/mol. The lowest BCUT2D eigenvalue weighted by Crippen LogP contribution is -2.27. The van der Waals surface area contributed by atoms with E-state index in [-0.39, 0.29) is 0 Å². The zero-order chi connectivity index (χ0) is 12.1. The van der Waals surface area contributed by atoms with Crippen LogP contribution in [0.5, 0.6) is 5.75 Å². The Bertz CT molecular complexity index is 346. The number of benzene rings is 1. The number of rotatable bonds is 7. The van der Waals surface area contributed by atoms with Gasteiger partial charge >= 0.3 is 0 Å². The molecule has 0 atom stereocenters. The van der Waals surface area contributed by atoms with Gasteiger partial charge in [-0.15, -0.1) is 0 Å². The van der Waals surface area contributed by atoms with Crippen molar-refractivity contribution in [2.45, 2.75) is 26.2 Å². The second-order valence-electron chi connectivity index (χ2n) is 4.83. The number of nitrogens with one attached hydrogen (secondary N) is 1. The average molecular weight is 298 g/mol. The monoisotopic (exact) mass is 297 g/mol. The minimum absolute atomic E-state index is 0.623. The van der Waals surface area contributed by atoms with Gasteiger partial charge in [0.15, 0.2) is 0 Å². The van der Waals surface area contributed by atoms with Gasteiger partial charge in [-0.05, 0) is 48.9 Å². The molecule has 0 unspecified atom stereocenters. The third-order valence-corrected chi connectivity index (χ3v) is 4.10. The zero-order valence-electron chi connectivity index (χ0n) is 10.3. The SMILES string of the molecule is CCC1(CNCCOc2ccc(Br)cc2)CC1. The van der Waals surface area contributed by atoms with Crippen LogP contribution in [0.15, 0.2) is 28.7 Å². The van der Waals surface area contributed by atoms with Gasteiger partial charge in [-0.25, -0.2) is 0 Å². The molecule has 0 aliphatic heterocycles. The average Bonchev–Trinajstić information content (AvgIpc) is 3.12. The van der Waals surface area contributed by atoms with Crippen molar-refractivity contribution in [1.82, 2.24) is 5.32 Å². The largest absolute Gasteiger partial charge is 0.492 e. The molecule has 94 valence electrons. The van der Waals surface area contributed by atoms with Crippen molar-refractivity contribution in [2.24, 2.45) is 5.41 Å². The van der Waals surface area contributed by atoms with E-state index >= 15 is 0 Å². The van der Waals surface area contributed by atoms with E-state index in [0.717, 1.165) is 29.9 Å². The molecule has 17 heavy (non-hydrogen) atoms. The fourth-order valence-corrected chi connectivity index (χ4v) is 2.22. The minimum atomic E-state index is 0.623. The third kappa shape index (κ3) is 4.00. The van der Waals surface area contributed by atoms with Gasteiger partial charge in [0.1, 0.15) is 12.4 Å². The van der Waals surface area contributed by atoms with Crippen LogP contribution in [0.1, 0.15) is 26.2 Å². The van der Waals surface area contributed by atoms with Crippen molar-refractivity contribution in [3.05, 3.63) is 28.7 Å². The molecule has 0 aromatic heterocycles. The van der Waals surface area contributed by atoms with Crippen LogP contribution in [0.2, 0.25) is 0 Å². The number of halogens is 1. The molecule has 3 heteroatoms. The summed E-state index contributed by atoms with van der Waals surface area (Å²) in [6.45, 7) is 5.10. The first-order valence-electron chi connectivity index (χ1n) is 6.33. The van der Waals surface area contributed by atoms with E-state index in [0.29, 0.717) is 5.41 Å². The smallest absolute Gasteiger partial charge is 0.119 e. The molecule has 0 heterocycles. The Morgan fingerprint density at radius 3 is 2.59 bits per heavy atom. The third-order valence-electron chi connectivity index (χ3n) is 3.57. The highest BCUT2D eigenvalue weighted by molar-refractivity contribution is 9.10. The Balaban J connectivity index is 1.58. The number of hydrogen-bond acceptors (Lipinski definition) is 2. The predicted octanol–water partition coefficient (Wildman–Crippen LogP) is 3.61. The van der Waals surface area contributed by atoms with E-state index in [1.165, 1.54) is 19.3 Å². The van der Waals surface area contributed by atoms with Gasteiger partial charge in [0, 0.05) is 17.6 Å². The van der Waals surface area contributed by atoms with E-state index in [1.54, 1.807) is 0 Å². The lowest BCUT2D eigenvalue weighted by molar-refractivity contribution is 0.305. The van der Waals surface area contributed by atoms with Crippen LogP contribution in [0.4, 0.5) is 0 Å². The van der Waals surface area contributed by atoms with E-state index in [9.17, 15) is 0 Å². The molecule has 1 aromatic carbocycles. The van der Waals surface area contributed by atoms with Crippen molar-refractivity contribution < 1.29 is 4.74 Å². The highest BCUT2D eigenvalue weighted by Gasteiger charge is 2.39. The maximum atomic E-state index is 5.65.